The van der Waals surface area contributed by atoms with Gasteiger partial charge in [-0.2, -0.15) is 11.3 Å². The Morgan fingerprint density at radius 1 is 0.958 bits per heavy atom. The molecule has 2 heterocycles. The Morgan fingerprint density at radius 3 is 2.12 bits per heavy atom. The first-order valence-corrected chi connectivity index (χ1v) is 12.1. The Bertz CT molecular complexity index is 628. The Labute approximate surface area is 153 Å². The summed E-state index contributed by atoms with van der Waals surface area (Å²) in [5.74, 6) is 3.57. The van der Waals surface area contributed by atoms with E-state index in [0.717, 1.165) is 12.8 Å². The Morgan fingerprint density at radius 2 is 1.54 bits per heavy atom. The van der Waals surface area contributed by atoms with Crippen molar-refractivity contribution in [2.45, 2.75) is 66.2 Å². The molecule has 2 nitrogen and oxygen atoms in total. The van der Waals surface area contributed by atoms with Gasteiger partial charge in [0.15, 0.2) is 9.84 Å². The van der Waals surface area contributed by atoms with E-state index in [9.17, 15) is 8.42 Å². The van der Waals surface area contributed by atoms with Crippen LogP contribution in [0, 0.1) is 23.7 Å². The average Bonchev–Trinajstić information content (AvgIpc) is 3.08. The lowest BCUT2D eigenvalue weighted by molar-refractivity contribution is 0.230. The van der Waals surface area contributed by atoms with Crippen molar-refractivity contribution in [1.82, 2.24) is 0 Å². The monoisotopic (exact) mass is 370 g/mol. The number of thiophene rings is 1. The molecule has 0 aromatic carbocycles. The molecular weight excluding hydrogens is 336 g/mol. The summed E-state index contributed by atoms with van der Waals surface area (Å²) in [5.41, 5.74) is 2.99. The van der Waals surface area contributed by atoms with Gasteiger partial charge in [-0.15, -0.1) is 0 Å². The minimum atomic E-state index is -2.83. The van der Waals surface area contributed by atoms with Crippen molar-refractivity contribution in [3.63, 3.8) is 0 Å². The van der Waals surface area contributed by atoms with E-state index >= 15 is 0 Å². The van der Waals surface area contributed by atoms with Gasteiger partial charge in [-0.3, -0.25) is 0 Å². The van der Waals surface area contributed by atoms with Crippen molar-refractivity contribution in [2.75, 3.05) is 11.5 Å². The van der Waals surface area contributed by atoms with Crippen LogP contribution in [0.25, 0.3) is 0 Å². The van der Waals surface area contributed by atoms with Crippen LogP contribution in [0.1, 0.15) is 77.3 Å². The Kier molecular flexibility index (Phi) is 6.58. The standard InChI is InChI=1S/C20H34O2S2/c1-13(2)17-9-23-10-18(17)15(5)7-8-16(6)20-12-24(21,22)11-19(20)14(3)4/h9-10,13-16,19-20H,7-8,11-12H2,1-6H3. The van der Waals surface area contributed by atoms with Gasteiger partial charge >= 0.3 is 0 Å². The van der Waals surface area contributed by atoms with Gasteiger partial charge in [0.05, 0.1) is 11.5 Å². The van der Waals surface area contributed by atoms with Gasteiger partial charge in [0.25, 0.3) is 0 Å². The second-order valence-corrected chi connectivity index (χ2v) is 11.4. The SMILES string of the molecule is CC(C)c1cscc1C(C)CCC(C)C1CS(=O)(=O)CC1C(C)C. The maximum atomic E-state index is 12.1. The molecule has 0 saturated carbocycles. The minimum absolute atomic E-state index is 0.340. The van der Waals surface area contributed by atoms with E-state index in [4.69, 9.17) is 0 Å². The van der Waals surface area contributed by atoms with Crippen LogP contribution in [-0.4, -0.2) is 19.9 Å². The molecule has 0 N–H and O–H groups in total. The zero-order valence-electron chi connectivity index (χ0n) is 16.1. The fourth-order valence-electron chi connectivity index (χ4n) is 4.24. The van der Waals surface area contributed by atoms with Gasteiger partial charge in [-0.25, -0.2) is 8.42 Å². The second-order valence-electron chi connectivity index (χ2n) is 8.54. The normalized spacial score (nSPS) is 26.2. The molecular formula is C20H34O2S2. The van der Waals surface area contributed by atoms with Crippen molar-refractivity contribution in [2.24, 2.45) is 23.7 Å². The largest absolute Gasteiger partial charge is 0.229 e. The molecule has 24 heavy (non-hydrogen) atoms. The molecule has 1 aliphatic heterocycles. The van der Waals surface area contributed by atoms with Crippen molar-refractivity contribution >= 4 is 21.2 Å². The lowest BCUT2D eigenvalue weighted by atomic mass is 9.76. The number of hydrogen-bond acceptors (Lipinski definition) is 3. The topological polar surface area (TPSA) is 34.1 Å². The van der Waals surface area contributed by atoms with Crippen LogP contribution in [-0.2, 0) is 9.84 Å². The van der Waals surface area contributed by atoms with Gasteiger partial charge < -0.3 is 0 Å². The lowest BCUT2D eigenvalue weighted by Crippen LogP contribution is -2.24. The van der Waals surface area contributed by atoms with Crippen LogP contribution in [0.4, 0.5) is 0 Å². The summed E-state index contributed by atoms with van der Waals surface area (Å²) in [6, 6.07) is 0. The first kappa shape index (κ1) is 20.0. The highest BCUT2D eigenvalue weighted by atomic mass is 32.2. The van der Waals surface area contributed by atoms with Gasteiger partial charge in [-0.1, -0.05) is 41.5 Å². The van der Waals surface area contributed by atoms with Crippen molar-refractivity contribution in [3.8, 4) is 0 Å². The summed E-state index contributed by atoms with van der Waals surface area (Å²) in [6.45, 7) is 13.5. The third-order valence-electron chi connectivity index (χ3n) is 5.96. The summed E-state index contributed by atoms with van der Waals surface area (Å²) in [6.07, 6.45) is 2.27. The fourth-order valence-corrected chi connectivity index (χ4v) is 7.90. The molecule has 0 bridgehead atoms. The van der Waals surface area contributed by atoms with Gasteiger partial charge in [-0.05, 0) is 70.2 Å². The zero-order valence-corrected chi connectivity index (χ0v) is 17.7. The quantitative estimate of drug-likeness (QED) is 0.616. The maximum Gasteiger partial charge on any atom is 0.150 e. The van der Waals surface area contributed by atoms with Crippen LogP contribution in [0.3, 0.4) is 0 Å². The highest BCUT2D eigenvalue weighted by Gasteiger charge is 2.41. The third-order valence-corrected chi connectivity index (χ3v) is 8.53. The summed E-state index contributed by atoms with van der Waals surface area (Å²) < 4.78 is 24.2. The van der Waals surface area contributed by atoms with E-state index in [1.165, 1.54) is 11.1 Å². The molecule has 4 unspecified atom stereocenters. The predicted octanol–water partition coefficient (Wildman–Crippen LogP) is 5.71. The number of rotatable bonds is 7. The molecule has 138 valence electrons. The van der Waals surface area contributed by atoms with Crippen molar-refractivity contribution in [1.29, 1.82) is 0 Å². The molecule has 4 atom stereocenters. The molecule has 2 rings (SSSR count). The van der Waals surface area contributed by atoms with Crippen molar-refractivity contribution < 1.29 is 8.42 Å². The summed E-state index contributed by atoms with van der Waals surface area (Å²) in [5, 5.41) is 4.60. The molecule has 0 spiro atoms. The van der Waals surface area contributed by atoms with Gasteiger partial charge in [0, 0.05) is 0 Å². The van der Waals surface area contributed by atoms with Crippen LogP contribution < -0.4 is 0 Å². The Balaban J connectivity index is 1.99. The van der Waals surface area contributed by atoms with E-state index < -0.39 is 9.84 Å². The van der Waals surface area contributed by atoms with Crippen LogP contribution in [0.5, 0.6) is 0 Å². The molecule has 0 amide bonds. The molecule has 1 aromatic rings. The maximum absolute atomic E-state index is 12.1. The van der Waals surface area contributed by atoms with E-state index in [-0.39, 0.29) is 0 Å². The number of sulfone groups is 1. The zero-order chi connectivity index (χ0) is 18.1. The summed E-state index contributed by atoms with van der Waals surface area (Å²) >= 11 is 1.81. The molecule has 1 aromatic heterocycles. The first-order valence-electron chi connectivity index (χ1n) is 9.38. The highest BCUT2D eigenvalue weighted by Crippen LogP contribution is 2.39. The van der Waals surface area contributed by atoms with Crippen LogP contribution in [0.15, 0.2) is 10.8 Å². The van der Waals surface area contributed by atoms with Crippen molar-refractivity contribution in [3.05, 3.63) is 21.9 Å². The van der Waals surface area contributed by atoms with Gasteiger partial charge in [0.1, 0.15) is 0 Å². The van der Waals surface area contributed by atoms with E-state index in [2.05, 4.69) is 52.3 Å². The molecule has 0 aliphatic carbocycles. The molecule has 1 saturated heterocycles. The second kappa shape index (κ2) is 7.90. The minimum Gasteiger partial charge on any atom is -0.229 e. The van der Waals surface area contributed by atoms with E-state index in [1.807, 2.05) is 11.3 Å². The first-order chi connectivity index (χ1) is 11.1. The fraction of sp³-hybridized carbons (Fsp3) is 0.800. The Hall–Kier alpha value is -0.350. The van der Waals surface area contributed by atoms with E-state index in [1.54, 1.807) is 0 Å². The third kappa shape index (κ3) is 4.63. The van der Waals surface area contributed by atoms with Gasteiger partial charge in [0.2, 0.25) is 0 Å². The molecule has 4 heteroatoms. The molecule has 1 fully saturated rings. The highest BCUT2D eigenvalue weighted by molar-refractivity contribution is 7.91. The van der Waals surface area contributed by atoms with Crippen LogP contribution in [0.2, 0.25) is 0 Å². The predicted molar refractivity (Wildman–Crippen MR) is 106 cm³/mol. The molecule has 1 aliphatic rings. The smallest absolute Gasteiger partial charge is 0.150 e. The lowest BCUT2D eigenvalue weighted by Gasteiger charge is -2.28. The number of hydrogen-bond donors (Lipinski definition) is 0. The van der Waals surface area contributed by atoms with Crippen LogP contribution >= 0.6 is 11.3 Å². The summed E-state index contributed by atoms with van der Waals surface area (Å²) in [7, 11) is -2.83. The average molecular weight is 371 g/mol. The van der Waals surface area contributed by atoms with E-state index in [0.29, 0.717) is 47.0 Å². The molecule has 0 radical (unpaired) electrons. The summed E-state index contributed by atoms with van der Waals surface area (Å²) in [4.78, 5) is 0.